The molecule has 0 aliphatic heterocycles. The molecule has 0 atom stereocenters. The van der Waals surface area contributed by atoms with Gasteiger partial charge < -0.3 is 14.8 Å². The third-order valence-corrected chi connectivity index (χ3v) is 3.28. The van der Waals surface area contributed by atoms with Gasteiger partial charge in [-0.25, -0.2) is 0 Å². The lowest BCUT2D eigenvalue weighted by molar-refractivity contribution is -0.117. The van der Waals surface area contributed by atoms with Crippen molar-refractivity contribution in [2.24, 2.45) is 0 Å². The van der Waals surface area contributed by atoms with Gasteiger partial charge in [0.2, 0.25) is 5.91 Å². The SMILES string of the molecule is COc1cc(C)c(NC(=O)CN(C)C(C)C)cc1OC. The van der Waals surface area contributed by atoms with E-state index in [2.05, 4.69) is 19.2 Å². The number of aryl methyl sites for hydroxylation is 1. The smallest absolute Gasteiger partial charge is 0.238 e. The van der Waals surface area contributed by atoms with Crippen molar-refractivity contribution in [3.63, 3.8) is 0 Å². The van der Waals surface area contributed by atoms with Crippen molar-refractivity contribution in [1.29, 1.82) is 0 Å². The van der Waals surface area contributed by atoms with E-state index in [0.29, 0.717) is 24.1 Å². The molecular formula is C15H24N2O3. The Balaban J connectivity index is 2.84. The molecule has 5 heteroatoms. The summed E-state index contributed by atoms with van der Waals surface area (Å²) in [4.78, 5) is 14.0. The van der Waals surface area contributed by atoms with Crippen LogP contribution in [0.2, 0.25) is 0 Å². The molecule has 0 saturated carbocycles. The number of hydrogen-bond acceptors (Lipinski definition) is 4. The molecule has 0 aliphatic rings. The fourth-order valence-electron chi connectivity index (χ4n) is 1.71. The Morgan fingerprint density at radius 3 is 2.30 bits per heavy atom. The van der Waals surface area contributed by atoms with Gasteiger partial charge in [0.15, 0.2) is 11.5 Å². The lowest BCUT2D eigenvalue weighted by Gasteiger charge is -2.21. The number of amides is 1. The molecule has 0 unspecified atom stereocenters. The summed E-state index contributed by atoms with van der Waals surface area (Å²) in [5.74, 6) is 1.21. The second kappa shape index (κ2) is 7.14. The quantitative estimate of drug-likeness (QED) is 0.868. The van der Waals surface area contributed by atoms with Crippen LogP contribution in [0.15, 0.2) is 12.1 Å². The fraction of sp³-hybridized carbons (Fsp3) is 0.533. The number of carbonyl (C=O) groups is 1. The molecule has 0 heterocycles. The molecule has 0 fully saturated rings. The highest BCUT2D eigenvalue weighted by Crippen LogP contribution is 2.32. The first kappa shape index (κ1) is 16.3. The maximum absolute atomic E-state index is 12.0. The Hall–Kier alpha value is -1.75. The van der Waals surface area contributed by atoms with E-state index in [-0.39, 0.29) is 5.91 Å². The number of benzene rings is 1. The first-order chi connectivity index (χ1) is 9.38. The average Bonchev–Trinajstić information content (AvgIpc) is 2.40. The van der Waals surface area contributed by atoms with Crippen molar-refractivity contribution >= 4 is 11.6 Å². The lowest BCUT2D eigenvalue weighted by atomic mass is 10.1. The van der Waals surface area contributed by atoms with Crippen LogP contribution >= 0.6 is 0 Å². The van der Waals surface area contributed by atoms with E-state index in [9.17, 15) is 4.79 Å². The summed E-state index contributed by atoms with van der Waals surface area (Å²) in [7, 11) is 5.09. The summed E-state index contributed by atoms with van der Waals surface area (Å²) < 4.78 is 10.5. The second-order valence-electron chi connectivity index (χ2n) is 5.08. The van der Waals surface area contributed by atoms with Crippen LogP contribution in [0.25, 0.3) is 0 Å². The maximum atomic E-state index is 12.0. The van der Waals surface area contributed by atoms with Crippen molar-refractivity contribution in [2.75, 3.05) is 33.1 Å². The van der Waals surface area contributed by atoms with E-state index in [0.717, 1.165) is 11.3 Å². The molecular weight excluding hydrogens is 256 g/mol. The van der Waals surface area contributed by atoms with Gasteiger partial charge in [0.25, 0.3) is 0 Å². The first-order valence-electron chi connectivity index (χ1n) is 6.61. The number of rotatable bonds is 6. The number of ether oxygens (including phenoxy) is 2. The zero-order valence-electron chi connectivity index (χ0n) is 13.1. The summed E-state index contributed by atoms with van der Waals surface area (Å²) >= 11 is 0. The van der Waals surface area contributed by atoms with Crippen molar-refractivity contribution in [2.45, 2.75) is 26.8 Å². The number of methoxy groups -OCH3 is 2. The number of carbonyl (C=O) groups excluding carboxylic acids is 1. The Kier molecular flexibility index (Phi) is 5.82. The predicted octanol–water partition coefficient (Wildman–Crippen LogP) is 2.29. The average molecular weight is 280 g/mol. The Labute approximate surface area is 120 Å². The zero-order valence-corrected chi connectivity index (χ0v) is 13.1. The molecule has 112 valence electrons. The summed E-state index contributed by atoms with van der Waals surface area (Å²) in [6.07, 6.45) is 0. The van der Waals surface area contributed by atoms with Crippen LogP contribution in [0, 0.1) is 6.92 Å². The van der Waals surface area contributed by atoms with Gasteiger partial charge in [0.1, 0.15) is 0 Å². The molecule has 0 radical (unpaired) electrons. The minimum atomic E-state index is -0.0449. The molecule has 1 aromatic carbocycles. The minimum Gasteiger partial charge on any atom is -0.493 e. The third kappa shape index (κ3) is 4.13. The van der Waals surface area contributed by atoms with Crippen LogP contribution in [-0.4, -0.2) is 44.7 Å². The summed E-state index contributed by atoms with van der Waals surface area (Å²) in [5, 5.41) is 2.91. The topological polar surface area (TPSA) is 50.8 Å². The molecule has 1 N–H and O–H groups in total. The van der Waals surface area contributed by atoms with Gasteiger partial charge in [-0.2, -0.15) is 0 Å². The number of hydrogen-bond donors (Lipinski definition) is 1. The highest BCUT2D eigenvalue weighted by atomic mass is 16.5. The van der Waals surface area contributed by atoms with Crippen LogP contribution in [0.1, 0.15) is 19.4 Å². The predicted molar refractivity (Wildman–Crippen MR) is 80.7 cm³/mol. The lowest BCUT2D eigenvalue weighted by Crippen LogP contribution is -2.34. The van der Waals surface area contributed by atoms with Crippen molar-refractivity contribution < 1.29 is 14.3 Å². The molecule has 0 bridgehead atoms. The maximum Gasteiger partial charge on any atom is 0.238 e. The molecule has 1 aromatic rings. The van der Waals surface area contributed by atoms with E-state index in [1.165, 1.54) is 0 Å². The van der Waals surface area contributed by atoms with E-state index < -0.39 is 0 Å². The zero-order chi connectivity index (χ0) is 15.3. The Bertz CT molecular complexity index is 472. The standard InChI is InChI=1S/C15H24N2O3/c1-10(2)17(4)9-15(18)16-12-8-14(20-6)13(19-5)7-11(12)3/h7-8,10H,9H2,1-6H3,(H,16,18). The van der Waals surface area contributed by atoms with Crippen LogP contribution in [0.5, 0.6) is 11.5 Å². The molecule has 5 nitrogen and oxygen atoms in total. The largest absolute Gasteiger partial charge is 0.493 e. The van der Waals surface area contributed by atoms with Gasteiger partial charge in [0, 0.05) is 17.8 Å². The van der Waals surface area contributed by atoms with Crippen LogP contribution in [-0.2, 0) is 4.79 Å². The van der Waals surface area contributed by atoms with E-state index >= 15 is 0 Å². The second-order valence-corrected chi connectivity index (χ2v) is 5.08. The summed E-state index contributed by atoms with van der Waals surface area (Å²) in [6.45, 7) is 6.37. The van der Waals surface area contributed by atoms with Crippen LogP contribution in [0.3, 0.4) is 0 Å². The molecule has 0 aromatic heterocycles. The van der Waals surface area contributed by atoms with Crippen molar-refractivity contribution in [1.82, 2.24) is 4.90 Å². The van der Waals surface area contributed by atoms with E-state index in [1.54, 1.807) is 20.3 Å². The number of likely N-dealkylation sites (N-methyl/N-ethyl adjacent to an activating group) is 1. The Morgan fingerprint density at radius 1 is 1.25 bits per heavy atom. The van der Waals surface area contributed by atoms with Gasteiger partial charge in [0.05, 0.1) is 20.8 Å². The number of nitrogens with one attached hydrogen (secondary N) is 1. The van der Waals surface area contributed by atoms with Crippen molar-refractivity contribution in [3.8, 4) is 11.5 Å². The van der Waals surface area contributed by atoms with Gasteiger partial charge in [-0.15, -0.1) is 0 Å². The van der Waals surface area contributed by atoms with Gasteiger partial charge in [-0.1, -0.05) is 0 Å². The first-order valence-corrected chi connectivity index (χ1v) is 6.61. The molecule has 0 spiro atoms. The molecule has 0 saturated heterocycles. The monoisotopic (exact) mass is 280 g/mol. The third-order valence-electron chi connectivity index (χ3n) is 3.28. The molecule has 0 aliphatic carbocycles. The Morgan fingerprint density at radius 2 is 1.80 bits per heavy atom. The van der Waals surface area contributed by atoms with E-state index in [4.69, 9.17) is 9.47 Å². The summed E-state index contributed by atoms with van der Waals surface area (Å²) in [5.41, 5.74) is 1.67. The minimum absolute atomic E-state index is 0.0449. The normalized spacial score (nSPS) is 10.8. The van der Waals surface area contributed by atoms with Gasteiger partial charge in [-0.3, -0.25) is 9.69 Å². The van der Waals surface area contributed by atoms with Gasteiger partial charge >= 0.3 is 0 Å². The van der Waals surface area contributed by atoms with Crippen LogP contribution in [0.4, 0.5) is 5.69 Å². The molecule has 1 amide bonds. The molecule has 20 heavy (non-hydrogen) atoms. The fourth-order valence-corrected chi connectivity index (χ4v) is 1.71. The van der Waals surface area contributed by atoms with Crippen LogP contribution < -0.4 is 14.8 Å². The summed E-state index contributed by atoms with van der Waals surface area (Å²) in [6, 6.07) is 3.95. The van der Waals surface area contributed by atoms with Gasteiger partial charge in [-0.05, 0) is 39.4 Å². The highest BCUT2D eigenvalue weighted by molar-refractivity contribution is 5.93. The number of nitrogens with zero attached hydrogens (tertiary/aromatic N) is 1. The van der Waals surface area contributed by atoms with E-state index in [1.807, 2.05) is 24.9 Å². The highest BCUT2D eigenvalue weighted by Gasteiger charge is 2.13. The molecule has 1 rings (SSSR count). The van der Waals surface area contributed by atoms with Crippen molar-refractivity contribution in [3.05, 3.63) is 17.7 Å². The number of anilines is 1.